The lowest BCUT2D eigenvalue weighted by atomic mass is 9.47. The van der Waals surface area contributed by atoms with Crippen molar-refractivity contribution in [2.24, 2.45) is 36.0 Å². The Morgan fingerprint density at radius 3 is 2.22 bits per heavy atom. The molecule has 1 heterocycles. The molecular formula is C24H26F3N3O2. The van der Waals surface area contributed by atoms with Crippen LogP contribution in [0, 0.1) is 23.2 Å². The number of benzene rings is 1. The summed E-state index contributed by atoms with van der Waals surface area (Å²) in [5.74, 6) is 0.621. The second-order valence-electron chi connectivity index (χ2n) is 9.85. The predicted octanol–water partition coefficient (Wildman–Crippen LogP) is 4.12. The van der Waals surface area contributed by atoms with Crippen molar-refractivity contribution >= 4 is 11.8 Å². The van der Waals surface area contributed by atoms with E-state index in [4.69, 9.17) is 5.73 Å². The molecule has 4 aliphatic rings. The molecule has 0 spiro atoms. The summed E-state index contributed by atoms with van der Waals surface area (Å²) in [4.78, 5) is 25.3. The van der Waals surface area contributed by atoms with Gasteiger partial charge in [0.15, 0.2) is 0 Å². The van der Waals surface area contributed by atoms with E-state index in [1.807, 2.05) is 0 Å². The highest BCUT2D eigenvalue weighted by atomic mass is 19.4. The van der Waals surface area contributed by atoms with Gasteiger partial charge in [0.05, 0.1) is 5.56 Å². The molecule has 2 aromatic rings. The van der Waals surface area contributed by atoms with Crippen molar-refractivity contribution in [2.75, 3.05) is 0 Å². The second-order valence-corrected chi connectivity index (χ2v) is 9.85. The van der Waals surface area contributed by atoms with Gasteiger partial charge in [-0.1, -0.05) is 12.1 Å². The van der Waals surface area contributed by atoms with Crippen LogP contribution in [0.25, 0.3) is 11.3 Å². The number of nitrogens with one attached hydrogen (secondary N) is 1. The fraction of sp³-hybridized carbons (Fsp3) is 0.500. The van der Waals surface area contributed by atoms with Gasteiger partial charge in [-0.2, -0.15) is 13.2 Å². The summed E-state index contributed by atoms with van der Waals surface area (Å²) < 4.78 is 40.2. The van der Waals surface area contributed by atoms with Crippen LogP contribution in [0.1, 0.15) is 48.2 Å². The van der Waals surface area contributed by atoms with Crippen molar-refractivity contribution < 1.29 is 22.8 Å². The van der Waals surface area contributed by atoms with Gasteiger partial charge in [0, 0.05) is 24.2 Å². The Kier molecular flexibility index (Phi) is 4.69. The number of hydrogen-bond acceptors (Lipinski definition) is 2. The van der Waals surface area contributed by atoms with Crippen molar-refractivity contribution in [1.82, 2.24) is 9.88 Å². The number of alkyl halides is 3. The van der Waals surface area contributed by atoms with Gasteiger partial charge in [0.1, 0.15) is 5.69 Å². The molecule has 2 atom stereocenters. The van der Waals surface area contributed by atoms with E-state index < -0.39 is 17.2 Å². The number of amides is 2. The number of nitrogens with zero attached hydrogens (tertiary/aromatic N) is 1. The van der Waals surface area contributed by atoms with E-state index in [1.54, 1.807) is 23.7 Å². The van der Waals surface area contributed by atoms with Crippen LogP contribution in [0.4, 0.5) is 13.2 Å². The number of aromatic nitrogens is 1. The van der Waals surface area contributed by atoms with Crippen molar-refractivity contribution in [3.05, 3.63) is 47.7 Å². The van der Waals surface area contributed by atoms with Crippen LogP contribution >= 0.6 is 0 Å². The monoisotopic (exact) mass is 445 g/mol. The Bertz CT molecular complexity index is 1060. The molecule has 0 radical (unpaired) electrons. The van der Waals surface area contributed by atoms with E-state index in [9.17, 15) is 22.8 Å². The molecule has 1 aromatic carbocycles. The zero-order valence-electron chi connectivity index (χ0n) is 17.8. The first-order chi connectivity index (χ1) is 15.1. The molecular weight excluding hydrogens is 419 g/mol. The molecule has 2 unspecified atom stereocenters. The zero-order chi connectivity index (χ0) is 22.8. The van der Waals surface area contributed by atoms with Gasteiger partial charge in [-0.05, 0) is 79.7 Å². The van der Waals surface area contributed by atoms with E-state index >= 15 is 0 Å². The number of halogens is 3. The minimum Gasteiger partial charge on any atom is -0.369 e. The summed E-state index contributed by atoms with van der Waals surface area (Å²) in [7, 11) is 1.74. The highest BCUT2D eigenvalue weighted by Gasteiger charge is 2.58. The van der Waals surface area contributed by atoms with Gasteiger partial charge in [0.2, 0.25) is 5.91 Å². The normalized spacial score (nSPS) is 31.0. The maximum Gasteiger partial charge on any atom is 0.416 e. The SMILES string of the molecule is Cn1c(C(=O)N[C@H]2C3CC4CC2C[C@](C(N)=O)(C4)C3)ccc1-c1ccc(C(F)(F)F)cc1. The van der Waals surface area contributed by atoms with Crippen LogP contribution in [-0.2, 0) is 18.0 Å². The Hall–Kier alpha value is -2.77. The lowest BCUT2D eigenvalue weighted by Gasteiger charge is -2.58. The fourth-order valence-electron chi connectivity index (χ4n) is 6.65. The molecule has 0 saturated heterocycles. The van der Waals surface area contributed by atoms with E-state index in [0.29, 0.717) is 22.9 Å². The van der Waals surface area contributed by atoms with Crippen LogP contribution in [0.15, 0.2) is 36.4 Å². The van der Waals surface area contributed by atoms with Gasteiger partial charge in [-0.3, -0.25) is 9.59 Å². The third kappa shape index (κ3) is 3.31. The molecule has 4 aliphatic carbocycles. The maximum absolute atomic E-state index is 13.1. The van der Waals surface area contributed by atoms with Crippen molar-refractivity contribution in [1.29, 1.82) is 0 Å². The largest absolute Gasteiger partial charge is 0.416 e. The fourth-order valence-corrected chi connectivity index (χ4v) is 6.65. The van der Waals surface area contributed by atoms with E-state index in [1.165, 1.54) is 12.1 Å². The molecule has 4 bridgehead atoms. The molecule has 0 aliphatic heterocycles. The molecule has 4 saturated carbocycles. The number of hydrogen-bond donors (Lipinski definition) is 2. The molecule has 2 amide bonds. The predicted molar refractivity (Wildman–Crippen MR) is 112 cm³/mol. The van der Waals surface area contributed by atoms with Crippen LogP contribution in [0.2, 0.25) is 0 Å². The highest BCUT2D eigenvalue weighted by Crippen LogP contribution is 2.59. The third-order valence-corrected chi connectivity index (χ3v) is 7.96. The van der Waals surface area contributed by atoms with Gasteiger partial charge in [-0.25, -0.2) is 0 Å². The average molecular weight is 445 g/mol. The highest BCUT2D eigenvalue weighted by molar-refractivity contribution is 5.94. The summed E-state index contributed by atoms with van der Waals surface area (Å²) in [6.07, 6.45) is 0.00309. The maximum atomic E-state index is 13.1. The molecule has 5 nitrogen and oxygen atoms in total. The minimum atomic E-state index is -4.39. The summed E-state index contributed by atoms with van der Waals surface area (Å²) >= 11 is 0. The van der Waals surface area contributed by atoms with Crippen LogP contribution in [0.3, 0.4) is 0 Å². The standard InChI is InChI=1S/C24H26F3N3O2/c1-30-18(14-2-4-17(5-3-14)24(25,26)27)6-7-19(30)21(31)29-20-15-8-13-9-16(20)12-23(10-13,11-15)22(28)32/h2-7,13,15-16,20H,8-12H2,1H3,(H2,28,32)(H,29,31)/t13?,15?,16?,20-,23-. The van der Waals surface area contributed by atoms with Crippen molar-refractivity contribution in [2.45, 2.75) is 44.3 Å². The van der Waals surface area contributed by atoms with E-state index in [0.717, 1.165) is 44.2 Å². The lowest BCUT2D eigenvalue weighted by Crippen LogP contribution is -2.62. The van der Waals surface area contributed by atoms with Crippen LogP contribution < -0.4 is 11.1 Å². The smallest absolute Gasteiger partial charge is 0.369 e. The quantitative estimate of drug-likeness (QED) is 0.743. The van der Waals surface area contributed by atoms with Crippen molar-refractivity contribution in [3.8, 4) is 11.3 Å². The minimum absolute atomic E-state index is 0.0240. The number of primary amides is 1. The molecule has 3 N–H and O–H groups in total. The van der Waals surface area contributed by atoms with Crippen LogP contribution in [-0.4, -0.2) is 22.4 Å². The first-order valence-corrected chi connectivity index (χ1v) is 11.0. The van der Waals surface area contributed by atoms with Crippen molar-refractivity contribution in [3.63, 3.8) is 0 Å². The first kappa shape index (κ1) is 21.1. The number of carbonyl (C=O) groups is 2. The number of rotatable bonds is 4. The van der Waals surface area contributed by atoms with Crippen LogP contribution in [0.5, 0.6) is 0 Å². The van der Waals surface area contributed by atoms with E-state index in [-0.39, 0.29) is 29.7 Å². The second kappa shape index (κ2) is 7.12. The van der Waals surface area contributed by atoms with Gasteiger partial charge >= 0.3 is 6.18 Å². The molecule has 6 rings (SSSR count). The van der Waals surface area contributed by atoms with Gasteiger partial charge in [0.25, 0.3) is 5.91 Å². The molecule has 32 heavy (non-hydrogen) atoms. The molecule has 8 heteroatoms. The Morgan fingerprint density at radius 1 is 1.03 bits per heavy atom. The van der Waals surface area contributed by atoms with Gasteiger partial charge in [-0.15, -0.1) is 0 Å². The Balaban J connectivity index is 1.33. The molecule has 4 fully saturated rings. The molecule has 170 valence electrons. The Labute approximate surface area is 184 Å². The first-order valence-electron chi connectivity index (χ1n) is 11.0. The number of carbonyl (C=O) groups excluding carboxylic acids is 2. The summed E-state index contributed by atoms with van der Waals surface area (Å²) in [5.41, 5.74) is 6.37. The topological polar surface area (TPSA) is 77.1 Å². The van der Waals surface area contributed by atoms with E-state index in [2.05, 4.69) is 5.32 Å². The summed E-state index contributed by atoms with van der Waals surface area (Å²) in [6, 6.07) is 8.40. The Morgan fingerprint density at radius 2 is 1.66 bits per heavy atom. The average Bonchev–Trinajstić information content (AvgIpc) is 3.11. The van der Waals surface area contributed by atoms with Gasteiger partial charge < -0.3 is 15.6 Å². The lowest BCUT2D eigenvalue weighted by molar-refractivity contribution is -0.145. The summed E-state index contributed by atoms with van der Waals surface area (Å²) in [5, 5.41) is 3.21. The third-order valence-electron chi connectivity index (χ3n) is 7.96. The molecule has 1 aromatic heterocycles. The summed E-state index contributed by atoms with van der Waals surface area (Å²) in [6.45, 7) is 0. The zero-order valence-corrected chi connectivity index (χ0v) is 17.8. The number of nitrogens with two attached hydrogens (primary N) is 1.